The third-order valence-corrected chi connectivity index (χ3v) is 4.38. The molecule has 0 amide bonds. The first-order valence-electron chi connectivity index (χ1n) is 8.18. The number of piperidine rings is 1. The van der Waals surface area contributed by atoms with Crippen LogP contribution in [0.2, 0.25) is 0 Å². The fourth-order valence-electron chi connectivity index (χ4n) is 3.15. The van der Waals surface area contributed by atoms with Crippen LogP contribution in [-0.4, -0.2) is 32.9 Å². The molecule has 0 spiro atoms. The number of alkyl halides is 3. The summed E-state index contributed by atoms with van der Waals surface area (Å²) < 4.78 is 40.7. The lowest BCUT2D eigenvalue weighted by Gasteiger charge is -2.28. The number of hydrogen-bond donors (Lipinski definition) is 0. The summed E-state index contributed by atoms with van der Waals surface area (Å²) in [5, 5.41) is 11.3. The van der Waals surface area contributed by atoms with Gasteiger partial charge in [-0.3, -0.25) is 0 Å². The van der Waals surface area contributed by atoms with Gasteiger partial charge >= 0.3 is 6.18 Å². The van der Waals surface area contributed by atoms with Crippen molar-refractivity contribution in [1.29, 1.82) is 0 Å². The Balaban J connectivity index is 1.94. The summed E-state index contributed by atoms with van der Waals surface area (Å²) in [7, 11) is 0. The lowest BCUT2D eigenvalue weighted by molar-refractivity contribution is -0.146. The van der Waals surface area contributed by atoms with Gasteiger partial charge in [-0.25, -0.2) is 0 Å². The Bertz CT molecular complexity index is 882. The molecular formula is C17H16F3N5. The Morgan fingerprint density at radius 1 is 0.920 bits per heavy atom. The summed E-state index contributed by atoms with van der Waals surface area (Å²) in [6, 6.07) is 11.0. The molecular weight excluding hydrogens is 331 g/mol. The number of benzene rings is 1. The Labute approximate surface area is 142 Å². The van der Waals surface area contributed by atoms with Crippen molar-refractivity contribution in [2.75, 3.05) is 18.0 Å². The maximum Gasteiger partial charge on any atom is 0.453 e. The molecule has 0 saturated carbocycles. The van der Waals surface area contributed by atoms with Gasteiger partial charge in [-0.05, 0) is 30.9 Å². The summed E-state index contributed by atoms with van der Waals surface area (Å²) in [6.45, 7) is 1.58. The Morgan fingerprint density at radius 3 is 2.32 bits per heavy atom. The van der Waals surface area contributed by atoms with Crippen LogP contribution in [0.4, 0.5) is 19.0 Å². The topological polar surface area (TPSA) is 46.3 Å². The van der Waals surface area contributed by atoms with Crippen LogP contribution in [0.5, 0.6) is 0 Å². The van der Waals surface area contributed by atoms with E-state index in [1.54, 1.807) is 0 Å². The summed E-state index contributed by atoms with van der Waals surface area (Å²) in [4.78, 5) is 2.02. The van der Waals surface area contributed by atoms with E-state index >= 15 is 0 Å². The average Bonchev–Trinajstić information content (AvgIpc) is 3.07. The van der Waals surface area contributed by atoms with E-state index in [2.05, 4.69) is 15.3 Å². The van der Waals surface area contributed by atoms with Crippen molar-refractivity contribution in [3.63, 3.8) is 0 Å². The van der Waals surface area contributed by atoms with Gasteiger partial charge < -0.3 is 4.90 Å². The van der Waals surface area contributed by atoms with Gasteiger partial charge in [0.15, 0.2) is 5.65 Å². The van der Waals surface area contributed by atoms with E-state index in [0.717, 1.165) is 42.4 Å². The van der Waals surface area contributed by atoms with Crippen molar-refractivity contribution < 1.29 is 13.2 Å². The Hall–Kier alpha value is -2.64. The van der Waals surface area contributed by atoms with Crippen molar-refractivity contribution in [2.24, 2.45) is 0 Å². The Kier molecular flexibility index (Phi) is 3.82. The molecule has 0 N–H and O–H groups in total. The van der Waals surface area contributed by atoms with Gasteiger partial charge in [-0.2, -0.15) is 17.7 Å². The molecule has 1 saturated heterocycles. The molecule has 0 bridgehead atoms. The predicted molar refractivity (Wildman–Crippen MR) is 87.3 cm³/mol. The van der Waals surface area contributed by atoms with E-state index in [-0.39, 0.29) is 5.65 Å². The van der Waals surface area contributed by atoms with Gasteiger partial charge in [0.1, 0.15) is 5.82 Å². The second-order valence-electron chi connectivity index (χ2n) is 6.09. The molecule has 0 radical (unpaired) electrons. The minimum absolute atomic E-state index is 0.110. The quantitative estimate of drug-likeness (QED) is 0.707. The minimum atomic E-state index is -4.61. The second kappa shape index (κ2) is 6.02. The lowest BCUT2D eigenvalue weighted by atomic mass is 10.1. The molecule has 2 aromatic heterocycles. The number of anilines is 1. The monoisotopic (exact) mass is 347 g/mol. The number of fused-ring (bicyclic) bond motifs is 1. The van der Waals surface area contributed by atoms with E-state index in [0.29, 0.717) is 11.4 Å². The molecule has 0 aliphatic carbocycles. The first kappa shape index (κ1) is 15.9. The molecule has 130 valence electrons. The molecule has 4 rings (SSSR count). The van der Waals surface area contributed by atoms with Gasteiger partial charge in [-0.1, -0.05) is 30.3 Å². The molecule has 3 heterocycles. The van der Waals surface area contributed by atoms with Crippen molar-refractivity contribution in [1.82, 2.24) is 19.8 Å². The van der Waals surface area contributed by atoms with Crippen LogP contribution >= 0.6 is 0 Å². The predicted octanol–water partition coefficient (Wildman–Crippen LogP) is 3.80. The van der Waals surface area contributed by atoms with Crippen molar-refractivity contribution in [3.8, 4) is 11.1 Å². The van der Waals surface area contributed by atoms with Crippen LogP contribution in [-0.2, 0) is 6.18 Å². The van der Waals surface area contributed by atoms with E-state index in [9.17, 15) is 13.2 Å². The third kappa shape index (κ3) is 2.92. The average molecular weight is 347 g/mol. The van der Waals surface area contributed by atoms with Gasteiger partial charge in [0, 0.05) is 18.7 Å². The van der Waals surface area contributed by atoms with Crippen LogP contribution in [0.3, 0.4) is 0 Å². The standard InChI is InChI=1S/C17H16F3N5/c18-17(19,20)16-22-21-15-13(12-7-3-1-4-8-12)11-14(23-25(15)16)24-9-5-2-6-10-24/h1,3-4,7-8,11H,2,5-6,9-10H2. The van der Waals surface area contributed by atoms with Crippen molar-refractivity contribution in [3.05, 3.63) is 42.2 Å². The first-order valence-corrected chi connectivity index (χ1v) is 8.18. The molecule has 8 heteroatoms. The lowest BCUT2D eigenvalue weighted by Crippen LogP contribution is -2.31. The van der Waals surface area contributed by atoms with E-state index in [4.69, 9.17) is 0 Å². The molecule has 1 aromatic carbocycles. The van der Waals surface area contributed by atoms with Gasteiger partial charge in [-0.15, -0.1) is 15.3 Å². The highest BCUT2D eigenvalue weighted by atomic mass is 19.4. The zero-order chi connectivity index (χ0) is 17.4. The summed E-state index contributed by atoms with van der Waals surface area (Å²) in [6.07, 6.45) is -1.46. The molecule has 5 nitrogen and oxygen atoms in total. The fourth-order valence-corrected chi connectivity index (χ4v) is 3.15. The molecule has 25 heavy (non-hydrogen) atoms. The number of halogens is 3. The van der Waals surface area contributed by atoms with Crippen LogP contribution in [0.15, 0.2) is 36.4 Å². The zero-order valence-electron chi connectivity index (χ0n) is 13.4. The van der Waals surface area contributed by atoms with Gasteiger partial charge in [0.05, 0.1) is 0 Å². The van der Waals surface area contributed by atoms with Crippen LogP contribution < -0.4 is 4.90 Å². The van der Waals surface area contributed by atoms with Crippen LogP contribution in [0, 0.1) is 0 Å². The smallest absolute Gasteiger partial charge is 0.355 e. The van der Waals surface area contributed by atoms with Gasteiger partial charge in [0.25, 0.3) is 5.82 Å². The molecule has 0 unspecified atom stereocenters. The maximum absolute atomic E-state index is 13.3. The van der Waals surface area contributed by atoms with Gasteiger partial charge in [0.2, 0.25) is 0 Å². The maximum atomic E-state index is 13.3. The summed E-state index contributed by atoms with van der Waals surface area (Å²) >= 11 is 0. The zero-order valence-corrected chi connectivity index (χ0v) is 13.4. The normalized spacial score (nSPS) is 15.7. The van der Waals surface area contributed by atoms with Crippen molar-refractivity contribution in [2.45, 2.75) is 25.4 Å². The first-order chi connectivity index (χ1) is 12.0. The second-order valence-corrected chi connectivity index (χ2v) is 6.09. The minimum Gasteiger partial charge on any atom is -0.355 e. The highest BCUT2D eigenvalue weighted by Crippen LogP contribution is 2.32. The molecule has 1 aliphatic heterocycles. The highest BCUT2D eigenvalue weighted by molar-refractivity contribution is 5.79. The van der Waals surface area contributed by atoms with Crippen LogP contribution in [0.25, 0.3) is 16.8 Å². The largest absolute Gasteiger partial charge is 0.453 e. The summed E-state index contributed by atoms with van der Waals surface area (Å²) in [5.41, 5.74) is 1.49. The molecule has 1 fully saturated rings. The number of aromatic nitrogens is 4. The van der Waals surface area contributed by atoms with E-state index in [1.165, 1.54) is 0 Å². The van der Waals surface area contributed by atoms with E-state index in [1.807, 2.05) is 41.3 Å². The molecule has 0 atom stereocenters. The summed E-state index contributed by atoms with van der Waals surface area (Å²) in [5.74, 6) is -0.574. The van der Waals surface area contributed by atoms with Crippen molar-refractivity contribution >= 4 is 11.5 Å². The number of rotatable bonds is 2. The van der Waals surface area contributed by atoms with Crippen LogP contribution in [0.1, 0.15) is 25.1 Å². The highest BCUT2D eigenvalue weighted by Gasteiger charge is 2.38. The molecule has 1 aliphatic rings. The van der Waals surface area contributed by atoms with E-state index < -0.39 is 12.0 Å². The number of nitrogens with zero attached hydrogens (tertiary/aromatic N) is 5. The fraction of sp³-hybridized carbons (Fsp3) is 0.353. The molecule has 3 aromatic rings. The third-order valence-electron chi connectivity index (χ3n) is 4.38. The number of hydrogen-bond acceptors (Lipinski definition) is 4. The SMILES string of the molecule is FC(F)(F)c1nnc2c(-c3ccccc3)cc(N3CCCCC3)nn12. The Morgan fingerprint density at radius 2 is 1.64 bits per heavy atom.